The maximum absolute atomic E-state index is 5.39. The molecule has 50 valence electrons. The van der Waals surface area contributed by atoms with Gasteiger partial charge in [-0.05, 0) is 25.4 Å². The maximum atomic E-state index is 5.39. The van der Waals surface area contributed by atoms with Gasteiger partial charge in [0, 0.05) is 0 Å². The zero-order chi connectivity index (χ0) is 6.41. The number of hydrogen-bond donors (Lipinski definition) is 2. The Morgan fingerprint density at radius 2 is 1.75 bits per heavy atom. The van der Waals surface area contributed by atoms with Crippen LogP contribution in [0.5, 0.6) is 0 Å². The molecule has 2 nitrogen and oxygen atoms in total. The third-order valence-corrected chi connectivity index (χ3v) is 1.36. The van der Waals surface area contributed by atoms with E-state index >= 15 is 0 Å². The molecule has 0 fully saturated rings. The molecule has 2 heteroatoms. The quantitative estimate of drug-likeness (QED) is 0.555. The summed E-state index contributed by atoms with van der Waals surface area (Å²) in [5.41, 5.74) is 10.8. The third kappa shape index (κ3) is 2.99. The second kappa shape index (κ2) is 5.06. The Bertz CT molecular complexity index is 41.8. The smallest absolute Gasteiger partial charge is 0.00368 e. The minimum atomic E-state index is 0.556. The first-order valence-electron chi connectivity index (χ1n) is 3.25. The summed E-state index contributed by atoms with van der Waals surface area (Å²) in [5.74, 6) is 0.556. The molecule has 8 heavy (non-hydrogen) atoms. The van der Waals surface area contributed by atoms with Crippen molar-refractivity contribution in [3.05, 3.63) is 0 Å². The topological polar surface area (TPSA) is 52.0 Å². The zero-order valence-corrected chi connectivity index (χ0v) is 5.56. The van der Waals surface area contributed by atoms with Crippen molar-refractivity contribution in [3.8, 4) is 0 Å². The van der Waals surface area contributed by atoms with Crippen LogP contribution in [0.4, 0.5) is 0 Å². The SMILES string of the molecule is CCCC(CN)CN. The Labute approximate surface area is 51.2 Å². The fourth-order valence-corrected chi connectivity index (χ4v) is 0.740. The lowest BCUT2D eigenvalue weighted by Gasteiger charge is -2.08. The van der Waals surface area contributed by atoms with E-state index in [9.17, 15) is 0 Å². The Morgan fingerprint density at radius 3 is 1.88 bits per heavy atom. The lowest BCUT2D eigenvalue weighted by molar-refractivity contribution is 0.501. The van der Waals surface area contributed by atoms with Gasteiger partial charge in [0.05, 0.1) is 0 Å². The first kappa shape index (κ1) is 7.92. The molecule has 0 heterocycles. The number of rotatable bonds is 4. The van der Waals surface area contributed by atoms with Gasteiger partial charge in [0.15, 0.2) is 0 Å². The summed E-state index contributed by atoms with van der Waals surface area (Å²) in [4.78, 5) is 0. The first-order valence-corrected chi connectivity index (χ1v) is 3.25. The molecule has 0 rings (SSSR count). The molecule has 0 aliphatic rings. The van der Waals surface area contributed by atoms with E-state index in [0.717, 1.165) is 13.1 Å². The van der Waals surface area contributed by atoms with E-state index in [-0.39, 0.29) is 0 Å². The van der Waals surface area contributed by atoms with Gasteiger partial charge in [0.1, 0.15) is 0 Å². The van der Waals surface area contributed by atoms with Gasteiger partial charge >= 0.3 is 0 Å². The second-order valence-corrected chi connectivity index (χ2v) is 2.13. The molecule has 0 spiro atoms. The van der Waals surface area contributed by atoms with Gasteiger partial charge in [-0.15, -0.1) is 0 Å². The average Bonchev–Trinajstić information content (AvgIpc) is 1.83. The van der Waals surface area contributed by atoms with Crippen LogP contribution in [0.25, 0.3) is 0 Å². The molecule has 0 saturated carbocycles. The molecule has 0 bridgehead atoms. The van der Waals surface area contributed by atoms with Crippen LogP contribution in [0, 0.1) is 5.92 Å². The minimum Gasteiger partial charge on any atom is -0.330 e. The number of hydrogen-bond acceptors (Lipinski definition) is 2. The average molecular weight is 116 g/mol. The summed E-state index contributed by atoms with van der Waals surface area (Å²) < 4.78 is 0. The van der Waals surface area contributed by atoms with Gasteiger partial charge in [0.25, 0.3) is 0 Å². The highest BCUT2D eigenvalue weighted by Crippen LogP contribution is 2.00. The molecule has 0 aliphatic carbocycles. The summed E-state index contributed by atoms with van der Waals surface area (Å²) in [6.45, 7) is 3.63. The molecule has 0 saturated heterocycles. The molecule has 0 amide bonds. The van der Waals surface area contributed by atoms with Crippen LogP contribution >= 0.6 is 0 Å². The Kier molecular flexibility index (Phi) is 5.01. The van der Waals surface area contributed by atoms with Crippen molar-refractivity contribution < 1.29 is 0 Å². The van der Waals surface area contributed by atoms with Crippen LogP contribution in [0.2, 0.25) is 0 Å². The Hall–Kier alpha value is -0.0800. The van der Waals surface area contributed by atoms with Crippen molar-refractivity contribution in [2.45, 2.75) is 19.8 Å². The molecular formula is C6H16N2. The van der Waals surface area contributed by atoms with Gasteiger partial charge < -0.3 is 11.5 Å². The van der Waals surface area contributed by atoms with E-state index in [2.05, 4.69) is 6.92 Å². The predicted octanol–water partition coefficient (Wildman–Crippen LogP) is 0.320. The van der Waals surface area contributed by atoms with Crippen molar-refractivity contribution in [2.24, 2.45) is 17.4 Å². The van der Waals surface area contributed by atoms with Crippen molar-refractivity contribution in [3.63, 3.8) is 0 Å². The Balaban J connectivity index is 3.07. The van der Waals surface area contributed by atoms with E-state index in [1.807, 2.05) is 0 Å². The molecule has 0 unspecified atom stereocenters. The third-order valence-electron chi connectivity index (χ3n) is 1.36. The number of nitrogens with two attached hydrogens (primary N) is 2. The molecule has 0 radical (unpaired) electrons. The van der Waals surface area contributed by atoms with Gasteiger partial charge in [0.2, 0.25) is 0 Å². The van der Waals surface area contributed by atoms with E-state index in [0.29, 0.717) is 5.92 Å². The predicted molar refractivity (Wildman–Crippen MR) is 36.5 cm³/mol. The fraction of sp³-hybridized carbons (Fsp3) is 1.00. The molecule has 0 aromatic rings. The van der Waals surface area contributed by atoms with Crippen molar-refractivity contribution in [2.75, 3.05) is 13.1 Å². The van der Waals surface area contributed by atoms with Crippen molar-refractivity contribution in [1.82, 2.24) is 0 Å². The van der Waals surface area contributed by atoms with Crippen LogP contribution < -0.4 is 11.5 Å². The van der Waals surface area contributed by atoms with Crippen LogP contribution in [-0.4, -0.2) is 13.1 Å². The van der Waals surface area contributed by atoms with Gasteiger partial charge in [-0.3, -0.25) is 0 Å². The van der Waals surface area contributed by atoms with Crippen LogP contribution in [0.3, 0.4) is 0 Å². The van der Waals surface area contributed by atoms with Gasteiger partial charge in [-0.2, -0.15) is 0 Å². The van der Waals surface area contributed by atoms with Crippen LogP contribution in [0.15, 0.2) is 0 Å². The maximum Gasteiger partial charge on any atom is -0.00368 e. The fourth-order valence-electron chi connectivity index (χ4n) is 0.740. The van der Waals surface area contributed by atoms with Crippen molar-refractivity contribution >= 4 is 0 Å². The highest BCUT2D eigenvalue weighted by molar-refractivity contribution is 4.58. The van der Waals surface area contributed by atoms with Gasteiger partial charge in [-0.25, -0.2) is 0 Å². The summed E-state index contributed by atoms with van der Waals surface area (Å²) in [5, 5.41) is 0. The summed E-state index contributed by atoms with van der Waals surface area (Å²) in [6.07, 6.45) is 2.37. The summed E-state index contributed by atoms with van der Waals surface area (Å²) in [6, 6.07) is 0. The van der Waals surface area contributed by atoms with Crippen molar-refractivity contribution in [1.29, 1.82) is 0 Å². The minimum absolute atomic E-state index is 0.556. The largest absolute Gasteiger partial charge is 0.330 e. The molecule has 0 aromatic heterocycles. The molecule has 0 atom stereocenters. The van der Waals surface area contributed by atoms with E-state index in [1.165, 1.54) is 12.8 Å². The zero-order valence-electron chi connectivity index (χ0n) is 5.56. The Morgan fingerprint density at radius 1 is 1.25 bits per heavy atom. The molecule has 4 N–H and O–H groups in total. The highest BCUT2D eigenvalue weighted by atomic mass is 14.6. The molecule has 0 aromatic carbocycles. The first-order chi connectivity index (χ1) is 3.85. The highest BCUT2D eigenvalue weighted by Gasteiger charge is 1.99. The van der Waals surface area contributed by atoms with Gasteiger partial charge in [-0.1, -0.05) is 13.3 Å². The molecule has 0 aliphatic heterocycles. The standard InChI is InChI=1S/C6H16N2/c1-2-3-6(4-7)5-8/h6H,2-5,7-8H2,1H3. The van der Waals surface area contributed by atoms with Crippen LogP contribution in [-0.2, 0) is 0 Å². The second-order valence-electron chi connectivity index (χ2n) is 2.13. The van der Waals surface area contributed by atoms with E-state index in [1.54, 1.807) is 0 Å². The lowest BCUT2D eigenvalue weighted by Crippen LogP contribution is -2.22. The molecular weight excluding hydrogens is 100 g/mol. The van der Waals surface area contributed by atoms with E-state index in [4.69, 9.17) is 11.5 Å². The normalized spacial score (nSPS) is 10.5. The van der Waals surface area contributed by atoms with E-state index < -0.39 is 0 Å². The summed E-state index contributed by atoms with van der Waals surface area (Å²) >= 11 is 0. The summed E-state index contributed by atoms with van der Waals surface area (Å²) in [7, 11) is 0. The lowest BCUT2D eigenvalue weighted by atomic mass is 10.1. The monoisotopic (exact) mass is 116 g/mol. The van der Waals surface area contributed by atoms with Crippen LogP contribution in [0.1, 0.15) is 19.8 Å².